The maximum atomic E-state index is 13.2. The lowest BCUT2D eigenvalue weighted by Crippen LogP contribution is -2.46. The second-order valence-corrected chi connectivity index (χ2v) is 19.0. The van der Waals surface area contributed by atoms with E-state index >= 15 is 0 Å². The predicted molar refractivity (Wildman–Crippen MR) is 260 cm³/mol. The van der Waals surface area contributed by atoms with Crippen molar-refractivity contribution in [2.75, 3.05) is 6.61 Å². The van der Waals surface area contributed by atoms with E-state index in [4.69, 9.17) is 4.74 Å². The molecule has 0 aliphatic rings. The zero-order valence-corrected chi connectivity index (χ0v) is 40.9. The van der Waals surface area contributed by atoms with Crippen LogP contribution in [0.15, 0.2) is 0 Å². The number of carbonyl (C=O) groups excluding carboxylic acids is 2. The van der Waals surface area contributed by atoms with Crippen LogP contribution in [0.5, 0.6) is 0 Å². The fraction of sp³-hybridized carbons (Fsp3) is 0.963. The van der Waals surface area contributed by atoms with Crippen LogP contribution in [-0.2, 0) is 14.3 Å². The second kappa shape index (κ2) is 48.9. The number of carbonyl (C=O) groups is 2. The number of amides is 1. The highest BCUT2D eigenvalue weighted by Crippen LogP contribution is 2.19. The molecule has 0 aromatic rings. The van der Waals surface area contributed by atoms with Gasteiger partial charge in [-0.25, -0.2) is 0 Å². The molecule has 0 aromatic carbocycles. The van der Waals surface area contributed by atoms with Crippen LogP contribution in [0.25, 0.3) is 0 Å². The normalized spacial score (nSPS) is 13.1. The Labute approximate surface area is 375 Å². The third-order valence-electron chi connectivity index (χ3n) is 12.9. The Morgan fingerprint density at radius 2 is 0.700 bits per heavy atom. The van der Waals surface area contributed by atoms with E-state index in [-0.39, 0.29) is 24.9 Å². The highest BCUT2D eigenvalue weighted by atomic mass is 16.5. The van der Waals surface area contributed by atoms with Crippen molar-refractivity contribution in [2.24, 2.45) is 0 Å². The minimum Gasteiger partial charge on any atom is -0.462 e. The van der Waals surface area contributed by atoms with Crippen LogP contribution in [-0.4, -0.2) is 46.9 Å². The van der Waals surface area contributed by atoms with Gasteiger partial charge in [0.2, 0.25) is 5.91 Å². The number of aliphatic hydroxyl groups is 2. The van der Waals surface area contributed by atoms with Crippen molar-refractivity contribution in [3.8, 4) is 0 Å². The highest BCUT2D eigenvalue weighted by Gasteiger charge is 2.24. The molecule has 0 rings (SSSR count). The molecule has 0 aliphatic carbocycles. The van der Waals surface area contributed by atoms with Crippen LogP contribution in [0.2, 0.25) is 0 Å². The van der Waals surface area contributed by atoms with E-state index in [9.17, 15) is 19.8 Å². The third-order valence-corrected chi connectivity index (χ3v) is 12.9. The van der Waals surface area contributed by atoms with Crippen LogP contribution in [0.1, 0.15) is 310 Å². The van der Waals surface area contributed by atoms with Crippen LogP contribution in [0.3, 0.4) is 0 Å². The number of hydrogen-bond acceptors (Lipinski definition) is 5. The molecule has 6 heteroatoms. The van der Waals surface area contributed by atoms with Crippen molar-refractivity contribution in [1.82, 2.24) is 5.32 Å². The molecule has 0 aromatic heterocycles. The van der Waals surface area contributed by atoms with Gasteiger partial charge < -0.3 is 20.3 Å². The molecular weight excluding hydrogens is 743 g/mol. The van der Waals surface area contributed by atoms with Crippen LogP contribution >= 0.6 is 0 Å². The van der Waals surface area contributed by atoms with Gasteiger partial charge in [-0.15, -0.1) is 0 Å². The fourth-order valence-electron chi connectivity index (χ4n) is 8.79. The summed E-state index contributed by atoms with van der Waals surface area (Å²) in [5.41, 5.74) is 0. The quantitative estimate of drug-likeness (QED) is 0.0419. The average Bonchev–Trinajstić information content (AvgIpc) is 3.24. The number of rotatable bonds is 50. The van der Waals surface area contributed by atoms with Crippen molar-refractivity contribution < 1.29 is 24.5 Å². The average molecular weight is 850 g/mol. The molecule has 0 saturated heterocycles. The summed E-state index contributed by atoms with van der Waals surface area (Å²) in [5.74, 6) is -0.448. The Hall–Kier alpha value is -1.14. The maximum Gasteiger partial charge on any atom is 0.306 e. The van der Waals surface area contributed by atoms with Crippen molar-refractivity contribution >= 4 is 11.9 Å². The van der Waals surface area contributed by atoms with Gasteiger partial charge in [0.25, 0.3) is 0 Å². The standard InChI is InChI=1S/C54H107NO5/c1-4-7-10-13-16-19-22-24-26-27-29-32-35-38-41-44-47-54(59)60-50(45-42-39-36-33-31-28-25-23-20-17-14-11-8-5-2)48-53(58)55-51(49-56)52(57)46-43-40-37-34-30-21-18-15-12-9-6-3/h50-52,56-57H,4-49H2,1-3H3,(H,55,58). The van der Waals surface area contributed by atoms with E-state index in [1.165, 1.54) is 225 Å². The molecule has 6 nitrogen and oxygen atoms in total. The second-order valence-electron chi connectivity index (χ2n) is 19.0. The van der Waals surface area contributed by atoms with Crippen molar-refractivity contribution in [3.63, 3.8) is 0 Å². The molecule has 60 heavy (non-hydrogen) atoms. The van der Waals surface area contributed by atoms with Gasteiger partial charge in [0, 0.05) is 6.42 Å². The summed E-state index contributed by atoms with van der Waals surface area (Å²) in [5, 5.41) is 23.8. The Morgan fingerprint density at radius 1 is 0.417 bits per heavy atom. The smallest absolute Gasteiger partial charge is 0.306 e. The molecule has 358 valence electrons. The van der Waals surface area contributed by atoms with Gasteiger partial charge in [0.15, 0.2) is 0 Å². The van der Waals surface area contributed by atoms with Crippen molar-refractivity contribution in [2.45, 2.75) is 328 Å². The summed E-state index contributed by atoms with van der Waals surface area (Å²) < 4.78 is 5.95. The van der Waals surface area contributed by atoms with Gasteiger partial charge in [-0.2, -0.15) is 0 Å². The lowest BCUT2D eigenvalue weighted by Gasteiger charge is -2.24. The minimum absolute atomic E-state index is 0.0881. The lowest BCUT2D eigenvalue weighted by atomic mass is 10.0. The Morgan fingerprint density at radius 3 is 1.02 bits per heavy atom. The molecule has 3 N–H and O–H groups in total. The number of unbranched alkanes of at least 4 members (excludes halogenated alkanes) is 38. The van der Waals surface area contributed by atoms with E-state index in [1.54, 1.807) is 0 Å². The fourth-order valence-corrected chi connectivity index (χ4v) is 8.79. The lowest BCUT2D eigenvalue weighted by molar-refractivity contribution is -0.151. The molecule has 0 bridgehead atoms. The summed E-state index contributed by atoms with van der Waals surface area (Å²) in [6, 6.07) is -0.692. The van der Waals surface area contributed by atoms with E-state index < -0.39 is 18.2 Å². The van der Waals surface area contributed by atoms with Crippen molar-refractivity contribution in [1.29, 1.82) is 0 Å². The molecule has 0 aliphatic heterocycles. The summed E-state index contributed by atoms with van der Waals surface area (Å²) in [4.78, 5) is 26.2. The Kier molecular flexibility index (Phi) is 48.0. The predicted octanol–water partition coefficient (Wildman–Crippen LogP) is 16.4. The summed E-state index contributed by atoms with van der Waals surface area (Å²) >= 11 is 0. The Bertz CT molecular complexity index is 867. The minimum atomic E-state index is -0.779. The molecule has 0 saturated carbocycles. The molecule has 1 amide bonds. The zero-order chi connectivity index (χ0) is 43.8. The van der Waals surface area contributed by atoms with E-state index in [2.05, 4.69) is 26.1 Å². The third kappa shape index (κ3) is 43.5. The zero-order valence-electron chi connectivity index (χ0n) is 40.9. The topological polar surface area (TPSA) is 95.9 Å². The van der Waals surface area contributed by atoms with Gasteiger partial charge in [-0.1, -0.05) is 271 Å². The van der Waals surface area contributed by atoms with E-state index in [0.29, 0.717) is 19.3 Å². The first-order valence-electron chi connectivity index (χ1n) is 27.3. The van der Waals surface area contributed by atoms with Gasteiger partial charge in [-0.3, -0.25) is 9.59 Å². The highest BCUT2D eigenvalue weighted by molar-refractivity contribution is 5.77. The molecule has 0 heterocycles. The summed E-state index contributed by atoms with van der Waals surface area (Å²) in [6.45, 7) is 6.52. The van der Waals surface area contributed by atoms with Crippen LogP contribution in [0.4, 0.5) is 0 Å². The Balaban J connectivity index is 4.49. The first-order valence-corrected chi connectivity index (χ1v) is 27.3. The molecular formula is C54H107NO5. The molecule has 0 spiro atoms. The maximum absolute atomic E-state index is 13.2. The first kappa shape index (κ1) is 58.9. The molecule has 3 unspecified atom stereocenters. The number of esters is 1. The largest absolute Gasteiger partial charge is 0.462 e. The van der Waals surface area contributed by atoms with Crippen molar-refractivity contribution in [3.05, 3.63) is 0 Å². The SMILES string of the molecule is CCCCCCCCCCCCCCCCCCC(=O)OC(CCCCCCCCCCCCCCCC)CC(=O)NC(CO)C(O)CCCCCCCCCCCCC. The monoisotopic (exact) mass is 850 g/mol. The summed E-state index contributed by atoms with van der Waals surface area (Å²) in [7, 11) is 0. The number of hydrogen-bond donors (Lipinski definition) is 3. The van der Waals surface area contributed by atoms with Gasteiger partial charge in [0.1, 0.15) is 6.10 Å². The number of nitrogens with one attached hydrogen (secondary N) is 1. The van der Waals surface area contributed by atoms with Crippen LogP contribution < -0.4 is 5.32 Å². The number of aliphatic hydroxyl groups excluding tert-OH is 2. The van der Waals surface area contributed by atoms with E-state index in [0.717, 1.165) is 38.5 Å². The molecule has 0 radical (unpaired) electrons. The first-order chi connectivity index (χ1) is 29.5. The summed E-state index contributed by atoms with van der Waals surface area (Å²) in [6.07, 6.45) is 53.1. The molecule has 3 atom stereocenters. The van der Waals surface area contributed by atoms with Gasteiger partial charge >= 0.3 is 5.97 Å². The molecule has 0 fully saturated rings. The van der Waals surface area contributed by atoms with Crippen LogP contribution in [0, 0.1) is 0 Å². The number of ether oxygens (including phenoxy) is 1. The van der Waals surface area contributed by atoms with Gasteiger partial charge in [0.05, 0.1) is 25.2 Å². The van der Waals surface area contributed by atoms with Gasteiger partial charge in [-0.05, 0) is 25.7 Å². The van der Waals surface area contributed by atoms with E-state index in [1.807, 2.05) is 0 Å².